The standard InChI is InChI=1S/C19H30N8O3/c20-18(21)24-10-4-8-14(12-28)26-17(30)15(9-5-11-25-19(22)23)27-16(29)13-6-2-1-3-7-13/h1-3,6-7,12,14-15H,4-5,8-11H2,(H,26,30)(H,27,29)(H4,20,21,24)(H4,22,23,25)/t14-,15-/m0/s1. The molecule has 2 amide bonds. The van der Waals surface area contributed by atoms with Crippen molar-refractivity contribution in [2.24, 2.45) is 32.9 Å². The largest absolute Gasteiger partial charge is 0.370 e. The van der Waals surface area contributed by atoms with Gasteiger partial charge in [0.05, 0.1) is 6.04 Å². The number of carbonyl (C=O) groups is 3. The van der Waals surface area contributed by atoms with E-state index in [2.05, 4.69) is 20.6 Å². The summed E-state index contributed by atoms with van der Waals surface area (Å²) in [5.74, 6) is -0.951. The first-order valence-corrected chi connectivity index (χ1v) is 9.55. The van der Waals surface area contributed by atoms with Crippen molar-refractivity contribution in [3.05, 3.63) is 35.9 Å². The van der Waals surface area contributed by atoms with Gasteiger partial charge in [0.1, 0.15) is 12.3 Å². The number of aliphatic imine (C=N–C) groups is 2. The molecule has 0 radical (unpaired) electrons. The highest BCUT2D eigenvalue weighted by atomic mass is 16.2. The summed E-state index contributed by atoms with van der Waals surface area (Å²) in [5.41, 5.74) is 21.5. The Labute approximate surface area is 175 Å². The molecule has 1 rings (SSSR count). The summed E-state index contributed by atoms with van der Waals surface area (Å²) >= 11 is 0. The van der Waals surface area contributed by atoms with Gasteiger partial charge in [-0.1, -0.05) is 18.2 Å². The van der Waals surface area contributed by atoms with Gasteiger partial charge in [-0.15, -0.1) is 0 Å². The van der Waals surface area contributed by atoms with Crippen molar-refractivity contribution in [2.75, 3.05) is 13.1 Å². The average molecular weight is 419 g/mol. The number of aldehydes is 1. The second-order valence-corrected chi connectivity index (χ2v) is 6.54. The smallest absolute Gasteiger partial charge is 0.251 e. The molecule has 0 spiro atoms. The third kappa shape index (κ3) is 10.1. The molecule has 11 heteroatoms. The van der Waals surface area contributed by atoms with Crippen molar-refractivity contribution in [1.82, 2.24) is 10.6 Å². The summed E-state index contributed by atoms with van der Waals surface area (Å²) in [6, 6.07) is 6.94. The van der Waals surface area contributed by atoms with Crippen LogP contribution in [0.5, 0.6) is 0 Å². The molecular weight excluding hydrogens is 388 g/mol. The van der Waals surface area contributed by atoms with E-state index in [4.69, 9.17) is 22.9 Å². The third-order valence-corrected chi connectivity index (χ3v) is 4.06. The summed E-state index contributed by atoms with van der Waals surface area (Å²) in [7, 11) is 0. The Hall–Kier alpha value is -3.63. The molecule has 10 N–H and O–H groups in total. The molecule has 0 aliphatic heterocycles. The molecule has 1 aromatic carbocycles. The van der Waals surface area contributed by atoms with Crippen molar-refractivity contribution in [3.8, 4) is 0 Å². The number of hydrogen-bond acceptors (Lipinski definition) is 5. The number of rotatable bonds is 13. The number of hydrogen-bond donors (Lipinski definition) is 6. The summed E-state index contributed by atoms with van der Waals surface area (Å²) < 4.78 is 0. The van der Waals surface area contributed by atoms with Crippen molar-refractivity contribution in [1.29, 1.82) is 0 Å². The van der Waals surface area contributed by atoms with Gasteiger partial charge in [0, 0.05) is 18.7 Å². The van der Waals surface area contributed by atoms with Crippen LogP contribution in [0.2, 0.25) is 0 Å². The maximum absolute atomic E-state index is 12.7. The first-order valence-electron chi connectivity index (χ1n) is 9.55. The predicted molar refractivity (Wildman–Crippen MR) is 116 cm³/mol. The molecule has 0 saturated heterocycles. The number of nitrogens with one attached hydrogen (secondary N) is 2. The van der Waals surface area contributed by atoms with Gasteiger partial charge in [-0.05, 0) is 37.8 Å². The van der Waals surface area contributed by atoms with Crippen molar-refractivity contribution in [2.45, 2.75) is 37.8 Å². The van der Waals surface area contributed by atoms with E-state index in [1.807, 2.05) is 0 Å². The van der Waals surface area contributed by atoms with E-state index in [9.17, 15) is 14.4 Å². The SMILES string of the molecule is NC(N)=NCCC[C@@H](C=O)NC(=O)[C@H](CCCN=C(N)N)NC(=O)c1ccccc1. The van der Waals surface area contributed by atoms with Crippen LogP contribution in [0.3, 0.4) is 0 Å². The van der Waals surface area contributed by atoms with Gasteiger partial charge >= 0.3 is 0 Å². The summed E-state index contributed by atoms with van der Waals surface area (Å²) in [6.45, 7) is 0.651. The molecule has 0 aliphatic carbocycles. The van der Waals surface area contributed by atoms with E-state index < -0.39 is 23.9 Å². The van der Waals surface area contributed by atoms with Crippen molar-refractivity contribution >= 4 is 30.0 Å². The van der Waals surface area contributed by atoms with Crippen LogP contribution >= 0.6 is 0 Å². The molecule has 0 bridgehead atoms. The second kappa shape index (κ2) is 13.5. The van der Waals surface area contributed by atoms with Crippen LogP contribution in [0, 0.1) is 0 Å². The predicted octanol–water partition coefficient (Wildman–Crippen LogP) is -1.42. The Balaban J connectivity index is 2.73. The lowest BCUT2D eigenvalue weighted by Gasteiger charge is -2.21. The zero-order chi connectivity index (χ0) is 22.4. The third-order valence-electron chi connectivity index (χ3n) is 4.06. The molecule has 1 aromatic rings. The summed E-state index contributed by atoms with van der Waals surface area (Å²) in [5, 5.41) is 5.34. The fourth-order valence-corrected chi connectivity index (χ4v) is 2.58. The molecule has 0 saturated carbocycles. The van der Waals surface area contributed by atoms with Gasteiger partial charge in [-0.3, -0.25) is 19.6 Å². The number of nitrogens with zero attached hydrogens (tertiary/aromatic N) is 2. The van der Waals surface area contributed by atoms with Gasteiger partial charge in [0.2, 0.25) is 5.91 Å². The second-order valence-electron chi connectivity index (χ2n) is 6.54. The highest BCUT2D eigenvalue weighted by molar-refractivity contribution is 5.97. The van der Waals surface area contributed by atoms with Crippen LogP contribution < -0.4 is 33.6 Å². The van der Waals surface area contributed by atoms with Crippen molar-refractivity contribution in [3.63, 3.8) is 0 Å². The lowest BCUT2D eigenvalue weighted by atomic mass is 10.1. The lowest BCUT2D eigenvalue weighted by Crippen LogP contribution is -2.50. The van der Waals surface area contributed by atoms with E-state index in [1.54, 1.807) is 30.3 Å². The maximum atomic E-state index is 12.7. The van der Waals surface area contributed by atoms with Gasteiger partial charge in [0.15, 0.2) is 11.9 Å². The topological polar surface area (TPSA) is 204 Å². The molecule has 164 valence electrons. The zero-order valence-corrected chi connectivity index (χ0v) is 16.8. The zero-order valence-electron chi connectivity index (χ0n) is 16.8. The number of carbonyl (C=O) groups excluding carboxylic acids is 3. The minimum absolute atomic E-state index is 0.0360. The highest BCUT2D eigenvalue weighted by Gasteiger charge is 2.23. The first kappa shape index (κ1) is 24.4. The van der Waals surface area contributed by atoms with E-state index in [1.165, 1.54) is 0 Å². The number of guanidine groups is 2. The highest BCUT2D eigenvalue weighted by Crippen LogP contribution is 2.05. The monoisotopic (exact) mass is 418 g/mol. The van der Waals surface area contributed by atoms with E-state index >= 15 is 0 Å². The first-order chi connectivity index (χ1) is 14.3. The lowest BCUT2D eigenvalue weighted by molar-refractivity contribution is -0.125. The van der Waals surface area contributed by atoms with Crippen LogP contribution in [0.4, 0.5) is 0 Å². The average Bonchev–Trinajstić information content (AvgIpc) is 2.72. The summed E-state index contributed by atoms with van der Waals surface area (Å²) in [6.07, 6.45) is 2.26. The van der Waals surface area contributed by atoms with Crippen LogP contribution in [0.15, 0.2) is 40.3 Å². The van der Waals surface area contributed by atoms with E-state index in [0.717, 1.165) is 0 Å². The normalized spacial score (nSPS) is 12.1. The Kier molecular flexibility index (Phi) is 11.0. The molecule has 0 aromatic heterocycles. The molecule has 0 aliphatic rings. The number of amides is 2. The van der Waals surface area contributed by atoms with Crippen LogP contribution in [-0.2, 0) is 9.59 Å². The van der Waals surface area contributed by atoms with Crippen LogP contribution in [-0.4, -0.2) is 55.2 Å². The Morgan fingerprint density at radius 3 is 2.00 bits per heavy atom. The number of benzene rings is 1. The molecule has 0 unspecified atom stereocenters. The van der Waals surface area contributed by atoms with Crippen LogP contribution in [0.25, 0.3) is 0 Å². The molecule has 11 nitrogen and oxygen atoms in total. The van der Waals surface area contributed by atoms with E-state index in [0.29, 0.717) is 50.6 Å². The number of nitrogens with two attached hydrogens (primary N) is 4. The maximum Gasteiger partial charge on any atom is 0.251 e. The Morgan fingerprint density at radius 2 is 1.47 bits per heavy atom. The molecule has 30 heavy (non-hydrogen) atoms. The van der Waals surface area contributed by atoms with Gasteiger partial charge < -0.3 is 38.4 Å². The fourth-order valence-electron chi connectivity index (χ4n) is 2.58. The fraction of sp³-hybridized carbons (Fsp3) is 0.421. The molecular formula is C19H30N8O3. The minimum Gasteiger partial charge on any atom is -0.370 e. The Morgan fingerprint density at radius 1 is 0.900 bits per heavy atom. The quantitative estimate of drug-likeness (QED) is 0.0974. The Bertz CT molecular complexity index is 743. The van der Waals surface area contributed by atoms with Gasteiger partial charge in [0.25, 0.3) is 5.91 Å². The van der Waals surface area contributed by atoms with Gasteiger partial charge in [-0.25, -0.2) is 0 Å². The minimum atomic E-state index is -0.855. The van der Waals surface area contributed by atoms with Crippen molar-refractivity contribution < 1.29 is 14.4 Å². The summed E-state index contributed by atoms with van der Waals surface area (Å²) in [4.78, 5) is 44.2. The molecule has 0 fully saturated rings. The molecule has 2 atom stereocenters. The van der Waals surface area contributed by atoms with Gasteiger partial charge in [-0.2, -0.15) is 0 Å². The van der Waals surface area contributed by atoms with Crippen LogP contribution in [0.1, 0.15) is 36.0 Å². The van der Waals surface area contributed by atoms with E-state index in [-0.39, 0.29) is 11.9 Å². The molecule has 0 heterocycles.